The molecule has 5 nitrogen and oxygen atoms in total. The summed E-state index contributed by atoms with van der Waals surface area (Å²) in [7, 11) is -3.45. The van der Waals surface area contributed by atoms with Crippen LogP contribution < -0.4 is 5.32 Å². The molecule has 0 saturated carbocycles. The number of pyridine rings is 1. The summed E-state index contributed by atoms with van der Waals surface area (Å²) in [5.74, 6) is -0.500. The molecule has 1 unspecified atom stereocenters. The Morgan fingerprint density at radius 3 is 2.38 bits per heavy atom. The molecule has 0 saturated heterocycles. The molecule has 128 valence electrons. The molecule has 1 N–H and O–H groups in total. The maximum Gasteiger partial charge on any atom is 0.221 e. The molecule has 2 aromatic rings. The van der Waals surface area contributed by atoms with Gasteiger partial charge in [-0.2, -0.15) is 0 Å². The predicted octanol–water partition coefficient (Wildman–Crippen LogP) is 2.74. The first-order chi connectivity index (χ1) is 11.3. The van der Waals surface area contributed by atoms with Crippen LogP contribution in [0.3, 0.4) is 0 Å². The fourth-order valence-electron chi connectivity index (χ4n) is 2.22. The third kappa shape index (κ3) is 4.89. The van der Waals surface area contributed by atoms with Gasteiger partial charge >= 0.3 is 0 Å². The molecule has 2 rings (SSSR count). The van der Waals surface area contributed by atoms with Crippen LogP contribution >= 0.6 is 0 Å². The summed E-state index contributed by atoms with van der Waals surface area (Å²) in [6.45, 7) is 5.63. The topological polar surface area (TPSA) is 76.1 Å². The third-order valence-corrected chi connectivity index (χ3v) is 5.52. The number of amides is 1. The zero-order chi connectivity index (χ0) is 17.7. The highest BCUT2D eigenvalue weighted by atomic mass is 32.2. The number of carbonyl (C=O) groups is 1. The lowest BCUT2D eigenvalue weighted by Crippen LogP contribution is -2.28. The van der Waals surface area contributed by atoms with Crippen molar-refractivity contribution in [3.63, 3.8) is 0 Å². The van der Waals surface area contributed by atoms with Crippen molar-refractivity contribution in [1.29, 1.82) is 0 Å². The number of aromatic nitrogens is 1. The van der Waals surface area contributed by atoms with Gasteiger partial charge in [0.05, 0.1) is 16.7 Å². The van der Waals surface area contributed by atoms with E-state index in [1.165, 1.54) is 0 Å². The van der Waals surface area contributed by atoms with E-state index in [4.69, 9.17) is 0 Å². The molecule has 0 spiro atoms. The van der Waals surface area contributed by atoms with Crippen LogP contribution in [0.25, 0.3) is 0 Å². The number of nitrogens with one attached hydrogen (secondary N) is 1. The van der Waals surface area contributed by atoms with E-state index in [1.807, 2.05) is 32.9 Å². The van der Waals surface area contributed by atoms with E-state index in [0.717, 1.165) is 16.8 Å². The largest absolute Gasteiger partial charge is 0.349 e. The van der Waals surface area contributed by atoms with Crippen LogP contribution in [0.4, 0.5) is 0 Å². The fraction of sp³-hybridized carbons (Fsp3) is 0.333. The number of hydrogen-bond acceptors (Lipinski definition) is 4. The monoisotopic (exact) mass is 346 g/mol. The molecule has 1 aromatic carbocycles. The first-order valence-electron chi connectivity index (χ1n) is 7.79. The summed E-state index contributed by atoms with van der Waals surface area (Å²) < 4.78 is 24.5. The van der Waals surface area contributed by atoms with Crippen LogP contribution in [-0.4, -0.2) is 25.1 Å². The zero-order valence-corrected chi connectivity index (χ0v) is 14.9. The first kappa shape index (κ1) is 18.1. The van der Waals surface area contributed by atoms with E-state index in [-0.39, 0.29) is 29.0 Å². The minimum absolute atomic E-state index is 0.0696. The van der Waals surface area contributed by atoms with Gasteiger partial charge in [-0.15, -0.1) is 0 Å². The average molecular weight is 346 g/mol. The molecule has 24 heavy (non-hydrogen) atoms. The third-order valence-electron chi connectivity index (χ3n) is 3.79. The number of nitrogens with zero attached hydrogens (tertiary/aromatic N) is 1. The van der Waals surface area contributed by atoms with Crippen LogP contribution in [0.5, 0.6) is 0 Å². The van der Waals surface area contributed by atoms with Crippen molar-refractivity contribution < 1.29 is 13.2 Å². The quantitative estimate of drug-likeness (QED) is 0.872. The Morgan fingerprint density at radius 1 is 1.12 bits per heavy atom. The molecular formula is C18H22N2O3S. The highest BCUT2D eigenvalue weighted by molar-refractivity contribution is 7.91. The second kappa shape index (κ2) is 7.57. The van der Waals surface area contributed by atoms with Crippen LogP contribution in [0.2, 0.25) is 0 Å². The molecular weight excluding hydrogens is 324 g/mol. The maximum absolute atomic E-state index is 12.3. The van der Waals surface area contributed by atoms with Crippen LogP contribution in [0.15, 0.2) is 47.5 Å². The van der Waals surface area contributed by atoms with Gasteiger partial charge in [-0.3, -0.25) is 9.78 Å². The number of benzene rings is 1. The Morgan fingerprint density at radius 2 is 1.79 bits per heavy atom. The van der Waals surface area contributed by atoms with Crippen molar-refractivity contribution in [3.05, 3.63) is 59.4 Å². The van der Waals surface area contributed by atoms with Gasteiger partial charge in [-0.25, -0.2) is 8.42 Å². The summed E-state index contributed by atoms with van der Waals surface area (Å²) in [6.07, 6.45) is 1.64. The Hall–Kier alpha value is -2.21. The van der Waals surface area contributed by atoms with Gasteiger partial charge in [-0.1, -0.05) is 23.8 Å². The predicted molar refractivity (Wildman–Crippen MR) is 93.4 cm³/mol. The molecule has 6 heteroatoms. The molecule has 0 fully saturated rings. The van der Waals surface area contributed by atoms with Gasteiger partial charge in [0.2, 0.25) is 5.91 Å². The average Bonchev–Trinajstić information content (AvgIpc) is 2.54. The summed E-state index contributed by atoms with van der Waals surface area (Å²) in [4.78, 5) is 16.5. The van der Waals surface area contributed by atoms with Crippen molar-refractivity contribution in [2.75, 3.05) is 5.75 Å². The SMILES string of the molecule is Cc1ccc(S(=O)(=O)CCC(=O)NC(C)c2ccc(C)nc2)cc1. The lowest BCUT2D eigenvalue weighted by molar-refractivity contribution is -0.121. The minimum Gasteiger partial charge on any atom is -0.349 e. The Labute approximate surface area is 143 Å². The fourth-order valence-corrected chi connectivity index (χ4v) is 3.46. The van der Waals surface area contributed by atoms with Crippen molar-refractivity contribution in [3.8, 4) is 0 Å². The molecule has 0 bridgehead atoms. The van der Waals surface area contributed by atoms with E-state index in [2.05, 4.69) is 10.3 Å². The van der Waals surface area contributed by atoms with E-state index < -0.39 is 9.84 Å². The van der Waals surface area contributed by atoms with Gasteiger partial charge in [0, 0.05) is 18.3 Å². The van der Waals surface area contributed by atoms with Crippen LogP contribution in [-0.2, 0) is 14.6 Å². The number of carbonyl (C=O) groups excluding carboxylic acids is 1. The molecule has 1 aromatic heterocycles. The second-order valence-electron chi connectivity index (χ2n) is 5.90. The summed E-state index contributed by atoms with van der Waals surface area (Å²) in [5.41, 5.74) is 2.78. The van der Waals surface area contributed by atoms with E-state index in [9.17, 15) is 13.2 Å². The number of sulfone groups is 1. The molecule has 0 radical (unpaired) electrons. The normalized spacial score (nSPS) is 12.6. The van der Waals surface area contributed by atoms with Gasteiger partial charge in [0.25, 0.3) is 0 Å². The van der Waals surface area contributed by atoms with Crippen molar-refractivity contribution in [2.24, 2.45) is 0 Å². The molecule has 0 aliphatic heterocycles. The lowest BCUT2D eigenvalue weighted by Gasteiger charge is -2.14. The number of rotatable bonds is 6. The first-order valence-corrected chi connectivity index (χ1v) is 9.44. The summed E-state index contributed by atoms with van der Waals surface area (Å²) >= 11 is 0. The highest BCUT2D eigenvalue weighted by Gasteiger charge is 2.17. The minimum atomic E-state index is -3.45. The van der Waals surface area contributed by atoms with Gasteiger partial charge in [0.15, 0.2) is 9.84 Å². The Balaban J connectivity index is 1.92. The van der Waals surface area contributed by atoms with Crippen LogP contribution in [0, 0.1) is 13.8 Å². The van der Waals surface area contributed by atoms with Crippen molar-refractivity contribution in [1.82, 2.24) is 10.3 Å². The zero-order valence-electron chi connectivity index (χ0n) is 14.1. The molecule has 1 heterocycles. The van der Waals surface area contributed by atoms with Crippen molar-refractivity contribution >= 4 is 15.7 Å². The maximum atomic E-state index is 12.3. The molecule has 1 amide bonds. The number of aryl methyl sites for hydroxylation is 2. The molecule has 1 atom stereocenters. The molecule has 0 aliphatic carbocycles. The van der Waals surface area contributed by atoms with E-state index in [1.54, 1.807) is 30.5 Å². The summed E-state index contributed by atoms with van der Waals surface area (Å²) in [5, 5.41) is 2.81. The van der Waals surface area contributed by atoms with Crippen LogP contribution in [0.1, 0.15) is 36.2 Å². The van der Waals surface area contributed by atoms with Gasteiger partial charge in [-0.05, 0) is 44.5 Å². The number of hydrogen-bond donors (Lipinski definition) is 1. The Kier molecular flexibility index (Phi) is 5.72. The second-order valence-corrected chi connectivity index (χ2v) is 8.01. The van der Waals surface area contributed by atoms with E-state index in [0.29, 0.717) is 0 Å². The lowest BCUT2D eigenvalue weighted by atomic mass is 10.1. The summed E-state index contributed by atoms with van der Waals surface area (Å²) in [6, 6.07) is 10.2. The standard InChI is InChI=1S/C18H22N2O3S/c1-13-4-8-17(9-5-13)24(22,23)11-10-18(21)20-15(3)16-7-6-14(2)19-12-16/h4-9,12,15H,10-11H2,1-3H3,(H,20,21). The molecule has 0 aliphatic rings. The van der Waals surface area contributed by atoms with Gasteiger partial charge < -0.3 is 5.32 Å². The Bertz CT molecular complexity index is 797. The van der Waals surface area contributed by atoms with E-state index >= 15 is 0 Å². The smallest absolute Gasteiger partial charge is 0.221 e. The van der Waals surface area contributed by atoms with Gasteiger partial charge in [0.1, 0.15) is 0 Å². The van der Waals surface area contributed by atoms with Crippen molar-refractivity contribution in [2.45, 2.75) is 38.1 Å². The highest BCUT2D eigenvalue weighted by Crippen LogP contribution is 2.14.